The van der Waals surface area contributed by atoms with E-state index in [-0.39, 0.29) is 5.84 Å². The van der Waals surface area contributed by atoms with Gasteiger partial charge in [-0.2, -0.15) is 0 Å². The molecule has 0 fully saturated rings. The van der Waals surface area contributed by atoms with Crippen molar-refractivity contribution in [3.05, 3.63) is 28.8 Å². The monoisotopic (exact) mass is 198 g/mol. The molecule has 0 atom stereocenters. The Balaban J connectivity index is 3.05. The lowest BCUT2D eigenvalue weighted by atomic mass is 10.1. The van der Waals surface area contributed by atoms with Gasteiger partial charge in [0, 0.05) is 12.0 Å². The van der Waals surface area contributed by atoms with Crippen molar-refractivity contribution in [2.75, 3.05) is 7.11 Å². The molecule has 0 aliphatic heterocycles. The van der Waals surface area contributed by atoms with Crippen molar-refractivity contribution in [1.82, 2.24) is 0 Å². The first-order chi connectivity index (χ1) is 6.15. The highest BCUT2D eigenvalue weighted by atomic mass is 35.5. The first-order valence-electron chi connectivity index (χ1n) is 3.79. The molecule has 0 aromatic heterocycles. The van der Waals surface area contributed by atoms with Crippen LogP contribution in [0.4, 0.5) is 0 Å². The van der Waals surface area contributed by atoms with Crippen LogP contribution in [0.3, 0.4) is 0 Å². The Kier molecular flexibility index (Phi) is 3.14. The van der Waals surface area contributed by atoms with Gasteiger partial charge in [-0.1, -0.05) is 23.7 Å². The number of methoxy groups -OCH3 is 1. The Labute approximate surface area is 82.0 Å². The van der Waals surface area contributed by atoms with E-state index in [4.69, 9.17) is 27.5 Å². The van der Waals surface area contributed by atoms with E-state index in [0.717, 1.165) is 5.56 Å². The zero-order valence-corrected chi connectivity index (χ0v) is 8.06. The van der Waals surface area contributed by atoms with Gasteiger partial charge in [0.05, 0.1) is 18.0 Å². The number of hydrogen-bond donors (Lipinski definition) is 2. The van der Waals surface area contributed by atoms with Gasteiger partial charge in [-0.15, -0.1) is 0 Å². The lowest BCUT2D eigenvalue weighted by Crippen LogP contribution is -2.13. The van der Waals surface area contributed by atoms with E-state index < -0.39 is 0 Å². The highest BCUT2D eigenvalue weighted by Gasteiger charge is 2.07. The van der Waals surface area contributed by atoms with Gasteiger partial charge >= 0.3 is 0 Å². The van der Waals surface area contributed by atoms with Gasteiger partial charge in [-0.25, -0.2) is 0 Å². The molecule has 0 unspecified atom stereocenters. The van der Waals surface area contributed by atoms with Crippen molar-refractivity contribution in [3.63, 3.8) is 0 Å². The second kappa shape index (κ2) is 4.14. The molecule has 0 aliphatic carbocycles. The largest absolute Gasteiger partial charge is 0.495 e. The van der Waals surface area contributed by atoms with Crippen LogP contribution in [0.2, 0.25) is 5.02 Å². The fourth-order valence-electron chi connectivity index (χ4n) is 1.13. The summed E-state index contributed by atoms with van der Waals surface area (Å²) < 4.78 is 5.09. The Morgan fingerprint density at radius 1 is 1.62 bits per heavy atom. The molecule has 0 heterocycles. The third-order valence-electron chi connectivity index (χ3n) is 1.63. The zero-order valence-electron chi connectivity index (χ0n) is 7.30. The van der Waals surface area contributed by atoms with Crippen molar-refractivity contribution in [1.29, 1.82) is 5.41 Å². The molecule has 1 aromatic carbocycles. The molecular weight excluding hydrogens is 188 g/mol. The van der Waals surface area contributed by atoms with Gasteiger partial charge < -0.3 is 10.5 Å². The molecule has 0 saturated heterocycles. The number of para-hydroxylation sites is 1. The average Bonchev–Trinajstić information content (AvgIpc) is 2.03. The first-order valence-corrected chi connectivity index (χ1v) is 4.17. The van der Waals surface area contributed by atoms with E-state index in [1.54, 1.807) is 13.2 Å². The Hall–Kier alpha value is -1.22. The van der Waals surface area contributed by atoms with Crippen LogP contribution in [-0.2, 0) is 6.42 Å². The average molecular weight is 199 g/mol. The summed E-state index contributed by atoms with van der Waals surface area (Å²) in [5.41, 5.74) is 6.12. The molecule has 0 saturated carbocycles. The fraction of sp³-hybridized carbons (Fsp3) is 0.222. The Morgan fingerprint density at radius 2 is 2.31 bits per heavy atom. The van der Waals surface area contributed by atoms with Gasteiger partial charge in [0.25, 0.3) is 0 Å². The van der Waals surface area contributed by atoms with Gasteiger partial charge in [0.2, 0.25) is 0 Å². The molecular formula is C9H11ClN2O. The summed E-state index contributed by atoms with van der Waals surface area (Å²) in [6.07, 6.45) is 0.365. The van der Waals surface area contributed by atoms with Crippen molar-refractivity contribution >= 4 is 17.4 Å². The van der Waals surface area contributed by atoms with Gasteiger partial charge in [-0.3, -0.25) is 5.41 Å². The first kappa shape index (κ1) is 9.86. The normalized spacial score (nSPS) is 9.69. The molecule has 1 aromatic rings. The smallest absolute Gasteiger partial charge is 0.141 e. The summed E-state index contributed by atoms with van der Waals surface area (Å²) in [5.74, 6) is 0.694. The van der Waals surface area contributed by atoms with Gasteiger partial charge in [-0.05, 0) is 6.07 Å². The van der Waals surface area contributed by atoms with Crippen molar-refractivity contribution in [2.24, 2.45) is 5.73 Å². The minimum Gasteiger partial charge on any atom is -0.495 e. The van der Waals surface area contributed by atoms with Crippen molar-refractivity contribution in [2.45, 2.75) is 6.42 Å². The van der Waals surface area contributed by atoms with E-state index >= 15 is 0 Å². The topological polar surface area (TPSA) is 59.1 Å². The van der Waals surface area contributed by atoms with E-state index in [9.17, 15) is 0 Å². The van der Waals surface area contributed by atoms with Crippen LogP contribution in [0.1, 0.15) is 5.56 Å². The molecule has 0 radical (unpaired) electrons. The van der Waals surface area contributed by atoms with Crippen LogP contribution in [0.15, 0.2) is 18.2 Å². The van der Waals surface area contributed by atoms with Crippen LogP contribution in [0, 0.1) is 5.41 Å². The van der Waals surface area contributed by atoms with Crippen LogP contribution in [0.25, 0.3) is 0 Å². The van der Waals surface area contributed by atoms with E-state index in [2.05, 4.69) is 0 Å². The Bertz CT molecular complexity index is 325. The summed E-state index contributed by atoms with van der Waals surface area (Å²) in [6.45, 7) is 0. The number of halogens is 1. The summed E-state index contributed by atoms with van der Waals surface area (Å²) in [6, 6.07) is 5.39. The summed E-state index contributed by atoms with van der Waals surface area (Å²) in [5, 5.41) is 7.70. The maximum absolute atomic E-state index is 7.15. The molecule has 3 nitrogen and oxygen atoms in total. The zero-order chi connectivity index (χ0) is 9.84. The van der Waals surface area contributed by atoms with E-state index in [0.29, 0.717) is 17.2 Å². The summed E-state index contributed by atoms with van der Waals surface area (Å²) in [7, 11) is 1.55. The minimum absolute atomic E-state index is 0.0977. The van der Waals surface area contributed by atoms with Gasteiger partial charge in [0.15, 0.2) is 0 Å². The number of nitrogens with two attached hydrogens (primary N) is 1. The third-order valence-corrected chi connectivity index (χ3v) is 1.93. The quantitative estimate of drug-likeness (QED) is 0.575. The van der Waals surface area contributed by atoms with Crippen molar-refractivity contribution < 1.29 is 4.74 Å². The number of nitrogens with one attached hydrogen (secondary N) is 1. The fourth-order valence-corrected chi connectivity index (χ4v) is 1.40. The van der Waals surface area contributed by atoms with Crippen LogP contribution >= 0.6 is 11.6 Å². The molecule has 1 rings (SSSR count). The van der Waals surface area contributed by atoms with Crippen LogP contribution in [-0.4, -0.2) is 12.9 Å². The molecule has 0 aliphatic rings. The lowest BCUT2D eigenvalue weighted by Gasteiger charge is -2.08. The predicted octanol–water partition coefficient (Wildman–Crippen LogP) is 1.83. The minimum atomic E-state index is 0.0977. The number of rotatable bonds is 3. The summed E-state index contributed by atoms with van der Waals surface area (Å²) in [4.78, 5) is 0. The predicted molar refractivity (Wildman–Crippen MR) is 53.6 cm³/mol. The lowest BCUT2D eigenvalue weighted by molar-refractivity contribution is 0.411. The molecule has 0 amide bonds. The molecule has 3 N–H and O–H groups in total. The van der Waals surface area contributed by atoms with Crippen LogP contribution in [0.5, 0.6) is 5.75 Å². The SMILES string of the molecule is COc1c(Cl)cccc1CC(=N)N. The number of ether oxygens (including phenoxy) is 1. The molecule has 0 bridgehead atoms. The van der Waals surface area contributed by atoms with E-state index in [1.165, 1.54) is 0 Å². The van der Waals surface area contributed by atoms with E-state index in [1.807, 2.05) is 12.1 Å². The molecule has 0 spiro atoms. The Morgan fingerprint density at radius 3 is 2.85 bits per heavy atom. The maximum atomic E-state index is 7.15. The number of amidine groups is 1. The summed E-state index contributed by atoms with van der Waals surface area (Å²) >= 11 is 5.88. The van der Waals surface area contributed by atoms with Crippen LogP contribution < -0.4 is 10.5 Å². The molecule has 70 valence electrons. The number of hydrogen-bond acceptors (Lipinski definition) is 2. The molecule has 4 heteroatoms. The number of benzene rings is 1. The third kappa shape index (κ3) is 2.36. The second-order valence-electron chi connectivity index (χ2n) is 2.63. The maximum Gasteiger partial charge on any atom is 0.141 e. The highest BCUT2D eigenvalue weighted by Crippen LogP contribution is 2.28. The van der Waals surface area contributed by atoms with Crippen molar-refractivity contribution in [3.8, 4) is 5.75 Å². The second-order valence-corrected chi connectivity index (χ2v) is 3.04. The standard InChI is InChI=1S/C9H11ClN2O/c1-13-9-6(5-8(11)12)3-2-4-7(9)10/h2-4H,5H2,1H3,(H3,11,12). The highest BCUT2D eigenvalue weighted by molar-refractivity contribution is 6.32. The molecule has 13 heavy (non-hydrogen) atoms. The van der Waals surface area contributed by atoms with Gasteiger partial charge in [0.1, 0.15) is 5.75 Å².